The van der Waals surface area contributed by atoms with Crippen molar-refractivity contribution in [2.24, 2.45) is 5.73 Å². The zero-order valence-corrected chi connectivity index (χ0v) is 15.7. The molecule has 30 heavy (non-hydrogen) atoms. The molecule has 0 radical (unpaired) electrons. The Kier molecular flexibility index (Phi) is 5.38. The van der Waals surface area contributed by atoms with Crippen LogP contribution in [0, 0.1) is 11.4 Å². The highest BCUT2D eigenvalue weighted by Gasteiger charge is 2.61. The molecule has 6 nitrogen and oxygen atoms in total. The van der Waals surface area contributed by atoms with Gasteiger partial charge >= 0.3 is 6.18 Å². The Morgan fingerprint density at radius 1 is 1.30 bits per heavy atom. The van der Waals surface area contributed by atoms with Gasteiger partial charge in [0.15, 0.2) is 5.60 Å². The van der Waals surface area contributed by atoms with Crippen molar-refractivity contribution < 1.29 is 27.5 Å². The van der Waals surface area contributed by atoms with Crippen molar-refractivity contribution in [2.75, 3.05) is 0 Å². The summed E-state index contributed by atoms with van der Waals surface area (Å²) in [5, 5.41) is 20.7. The van der Waals surface area contributed by atoms with E-state index in [0.29, 0.717) is 16.7 Å². The molecule has 0 saturated heterocycles. The highest BCUT2D eigenvalue weighted by molar-refractivity contribution is 6.06. The number of nitrogens with one attached hydrogen (secondary N) is 2. The van der Waals surface area contributed by atoms with E-state index in [1.54, 1.807) is 24.3 Å². The van der Waals surface area contributed by atoms with Gasteiger partial charge in [-0.15, -0.1) is 0 Å². The minimum Gasteiger partial charge on any atom is -0.385 e. The standard InChI is InChI=1S/C20H18F4N4O2/c1-10(11-3-2-4-12(7-11)13-5-6-14(21)27-9-13)17(25)16-18(26)28-15(29)8-19(16,30)20(22,23)24/h2-7,9-10,25,30H,8,26H2,1H3,(H,28,29). The van der Waals surface area contributed by atoms with E-state index in [1.807, 2.05) is 0 Å². The topological polar surface area (TPSA) is 112 Å². The molecule has 1 aliphatic rings. The number of benzene rings is 1. The molecule has 10 heteroatoms. The number of pyridine rings is 1. The Bertz CT molecular complexity index is 1030. The number of hydrogen-bond acceptors (Lipinski definition) is 5. The average Bonchev–Trinajstić information content (AvgIpc) is 2.66. The molecule has 0 spiro atoms. The van der Waals surface area contributed by atoms with Crippen LogP contribution in [0.1, 0.15) is 24.8 Å². The van der Waals surface area contributed by atoms with Gasteiger partial charge in [0.25, 0.3) is 0 Å². The Morgan fingerprint density at radius 3 is 2.60 bits per heavy atom. The number of carbonyl (C=O) groups excluding carboxylic acids is 1. The van der Waals surface area contributed by atoms with Crippen molar-refractivity contribution in [3.05, 3.63) is 65.5 Å². The minimum atomic E-state index is -5.21. The molecule has 0 bridgehead atoms. The van der Waals surface area contributed by atoms with Crippen LogP contribution in [-0.2, 0) is 4.79 Å². The van der Waals surface area contributed by atoms with E-state index in [4.69, 9.17) is 11.1 Å². The summed E-state index contributed by atoms with van der Waals surface area (Å²) in [5.74, 6) is -3.36. The molecule has 5 N–H and O–H groups in total. The molecule has 1 aliphatic heterocycles. The summed E-state index contributed by atoms with van der Waals surface area (Å²) in [6.07, 6.45) is -5.19. The number of carbonyl (C=O) groups is 1. The summed E-state index contributed by atoms with van der Waals surface area (Å²) in [6, 6.07) is 9.23. The molecule has 2 aromatic rings. The molecule has 3 rings (SSSR count). The maximum atomic E-state index is 13.6. The second-order valence-electron chi connectivity index (χ2n) is 7.00. The number of aromatic nitrogens is 1. The number of nitrogens with two attached hydrogens (primary N) is 1. The molecule has 1 aromatic carbocycles. The first-order valence-corrected chi connectivity index (χ1v) is 8.84. The van der Waals surface area contributed by atoms with Crippen molar-refractivity contribution in [2.45, 2.75) is 31.0 Å². The molecule has 0 aliphatic carbocycles. The molecule has 0 fully saturated rings. The maximum Gasteiger partial charge on any atom is 0.422 e. The van der Waals surface area contributed by atoms with Gasteiger partial charge in [0, 0.05) is 23.4 Å². The van der Waals surface area contributed by atoms with Crippen molar-refractivity contribution in [3.63, 3.8) is 0 Å². The van der Waals surface area contributed by atoms with Crippen LogP contribution in [0.4, 0.5) is 17.6 Å². The van der Waals surface area contributed by atoms with Crippen molar-refractivity contribution in [3.8, 4) is 11.1 Å². The van der Waals surface area contributed by atoms with Crippen LogP contribution in [-0.4, -0.2) is 33.5 Å². The van der Waals surface area contributed by atoms with Gasteiger partial charge in [-0.25, -0.2) is 4.98 Å². The van der Waals surface area contributed by atoms with Gasteiger partial charge in [-0.2, -0.15) is 17.6 Å². The van der Waals surface area contributed by atoms with Gasteiger partial charge in [-0.05, 0) is 23.3 Å². The summed E-state index contributed by atoms with van der Waals surface area (Å²) >= 11 is 0. The summed E-state index contributed by atoms with van der Waals surface area (Å²) in [4.78, 5) is 15.2. The molecular weight excluding hydrogens is 404 g/mol. The lowest BCUT2D eigenvalue weighted by Crippen LogP contribution is -2.57. The van der Waals surface area contributed by atoms with E-state index in [1.165, 1.54) is 25.3 Å². The summed E-state index contributed by atoms with van der Waals surface area (Å²) in [6.45, 7) is 1.48. The van der Waals surface area contributed by atoms with E-state index in [-0.39, 0.29) is 0 Å². The molecule has 2 unspecified atom stereocenters. The third-order valence-electron chi connectivity index (χ3n) is 4.99. The Labute approximate surface area is 168 Å². The zero-order valence-electron chi connectivity index (χ0n) is 15.7. The van der Waals surface area contributed by atoms with Crippen LogP contribution < -0.4 is 11.1 Å². The van der Waals surface area contributed by atoms with E-state index in [2.05, 4.69) is 10.3 Å². The Balaban J connectivity index is 2.00. The lowest BCUT2D eigenvalue weighted by Gasteiger charge is -2.37. The minimum absolute atomic E-state index is 0.462. The first-order valence-electron chi connectivity index (χ1n) is 8.84. The monoisotopic (exact) mass is 422 g/mol. The van der Waals surface area contributed by atoms with Crippen molar-refractivity contribution >= 4 is 11.6 Å². The van der Waals surface area contributed by atoms with Crippen LogP contribution in [0.3, 0.4) is 0 Å². The third kappa shape index (κ3) is 3.78. The number of halogens is 4. The molecule has 2 atom stereocenters. The van der Waals surface area contributed by atoms with E-state index >= 15 is 0 Å². The number of hydrogen-bond donors (Lipinski definition) is 4. The number of aliphatic hydroxyl groups is 1. The zero-order chi connectivity index (χ0) is 22.3. The molecule has 1 aromatic heterocycles. The second-order valence-corrected chi connectivity index (χ2v) is 7.00. The smallest absolute Gasteiger partial charge is 0.385 e. The molecule has 1 amide bonds. The van der Waals surface area contributed by atoms with Crippen LogP contribution in [0.25, 0.3) is 11.1 Å². The first-order chi connectivity index (χ1) is 13.9. The summed E-state index contributed by atoms with van der Waals surface area (Å²) in [7, 11) is 0. The first kappa shape index (κ1) is 21.4. The number of nitrogens with zero attached hydrogens (tertiary/aromatic N) is 1. The van der Waals surface area contributed by atoms with Crippen LogP contribution >= 0.6 is 0 Å². The fourth-order valence-corrected chi connectivity index (χ4v) is 3.33. The van der Waals surface area contributed by atoms with E-state index in [9.17, 15) is 27.5 Å². The van der Waals surface area contributed by atoms with Gasteiger partial charge in [-0.3, -0.25) is 4.79 Å². The number of amides is 1. The molecule has 2 heterocycles. The quantitative estimate of drug-likeness (QED) is 0.345. The molecule has 158 valence electrons. The third-order valence-corrected chi connectivity index (χ3v) is 4.99. The molecular formula is C20H18F4N4O2. The lowest BCUT2D eigenvalue weighted by molar-refractivity contribution is -0.244. The van der Waals surface area contributed by atoms with Gasteiger partial charge in [0.2, 0.25) is 11.9 Å². The maximum absolute atomic E-state index is 13.6. The van der Waals surface area contributed by atoms with Gasteiger partial charge in [0.05, 0.1) is 12.0 Å². The fraction of sp³-hybridized carbons (Fsp3) is 0.250. The van der Waals surface area contributed by atoms with Crippen LogP contribution in [0.15, 0.2) is 54.0 Å². The lowest BCUT2D eigenvalue weighted by atomic mass is 9.78. The van der Waals surface area contributed by atoms with E-state index in [0.717, 1.165) is 0 Å². The number of alkyl halides is 3. The van der Waals surface area contributed by atoms with Gasteiger partial charge < -0.3 is 21.6 Å². The van der Waals surface area contributed by atoms with Gasteiger partial charge in [-0.1, -0.05) is 31.2 Å². The second kappa shape index (κ2) is 7.52. The largest absolute Gasteiger partial charge is 0.422 e. The predicted octanol–water partition coefficient (Wildman–Crippen LogP) is 2.99. The highest BCUT2D eigenvalue weighted by Crippen LogP contribution is 2.43. The SMILES string of the molecule is CC(C(=N)C1=C(N)NC(=O)CC1(O)C(F)(F)F)c1cccc(-c2ccc(F)nc2)c1. The van der Waals surface area contributed by atoms with Gasteiger partial charge in [0.1, 0.15) is 5.82 Å². The molecule has 0 saturated carbocycles. The van der Waals surface area contributed by atoms with Crippen molar-refractivity contribution in [1.82, 2.24) is 10.3 Å². The fourth-order valence-electron chi connectivity index (χ4n) is 3.33. The van der Waals surface area contributed by atoms with Crippen LogP contribution in [0.2, 0.25) is 0 Å². The van der Waals surface area contributed by atoms with Crippen molar-refractivity contribution in [1.29, 1.82) is 5.41 Å². The Morgan fingerprint density at radius 2 is 2.00 bits per heavy atom. The average molecular weight is 422 g/mol. The van der Waals surface area contributed by atoms with E-state index < -0.39 is 53.1 Å². The Hall–Kier alpha value is -3.27. The predicted molar refractivity (Wildman–Crippen MR) is 101 cm³/mol. The summed E-state index contributed by atoms with van der Waals surface area (Å²) < 4.78 is 53.9. The highest BCUT2D eigenvalue weighted by atomic mass is 19.4. The normalized spacial score (nSPS) is 20.7. The summed E-state index contributed by atoms with van der Waals surface area (Å²) in [5.41, 5.74) is 2.22. The van der Waals surface area contributed by atoms with Crippen LogP contribution in [0.5, 0.6) is 0 Å². The number of rotatable bonds is 4.